The van der Waals surface area contributed by atoms with E-state index in [1.165, 1.54) is 0 Å². The van der Waals surface area contributed by atoms with Crippen molar-refractivity contribution >= 4 is 51.1 Å². The molecule has 4 N–H and O–H groups in total. The Labute approximate surface area is 260 Å². The number of carbonyl (C=O) groups is 2. The van der Waals surface area contributed by atoms with Crippen LogP contribution in [0.15, 0.2) is 102 Å². The third kappa shape index (κ3) is 7.47. The molecule has 0 aliphatic carbocycles. The molecule has 1 fully saturated rings. The number of hydrogen-bond donors (Lipinski definition) is 2. The second-order valence-corrected chi connectivity index (χ2v) is 12.1. The molecule has 4 aromatic rings. The second-order valence-electron chi connectivity index (χ2n) is 10.8. The van der Waals surface area contributed by atoms with Crippen LogP contribution in [0.5, 0.6) is 0 Å². The molecule has 1 aliphatic rings. The van der Waals surface area contributed by atoms with Crippen LogP contribution in [0, 0.1) is 3.57 Å². The third-order valence-corrected chi connectivity index (χ3v) is 8.49. The maximum absolute atomic E-state index is 14.0. The smallest absolute Gasteiger partial charge is 0.254 e. The number of hydrogen-bond acceptors (Lipinski definition) is 3. The van der Waals surface area contributed by atoms with Gasteiger partial charge in [0.15, 0.2) is 5.96 Å². The van der Waals surface area contributed by atoms with Gasteiger partial charge < -0.3 is 21.3 Å². The summed E-state index contributed by atoms with van der Waals surface area (Å²) >= 11 is 2.23. The lowest BCUT2D eigenvalue weighted by molar-refractivity contribution is -0.136. The summed E-state index contributed by atoms with van der Waals surface area (Å²) in [5, 5.41) is 2.27. The first-order valence-electron chi connectivity index (χ1n) is 14.3. The van der Waals surface area contributed by atoms with E-state index in [4.69, 9.17) is 11.5 Å². The average Bonchev–Trinajstić information content (AvgIpc) is 2.99. The van der Waals surface area contributed by atoms with Gasteiger partial charge in [0.05, 0.1) is 12.5 Å². The van der Waals surface area contributed by atoms with Crippen LogP contribution in [-0.4, -0.2) is 59.3 Å². The zero-order valence-corrected chi connectivity index (χ0v) is 25.7. The Hall–Kier alpha value is -3.92. The van der Waals surface area contributed by atoms with Crippen LogP contribution in [0.25, 0.3) is 10.8 Å². The van der Waals surface area contributed by atoms with Crippen LogP contribution in [0.3, 0.4) is 0 Å². The third-order valence-electron chi connectivity index (χ3n) is 7.82. The number of amides is 2. The minimum Gasteiger partial charge on any atom is -0.370 e. The highest BCUT2D eigenvalue weighted by Gasteiger charge is 2.38. The summed E-state index contributed by atoms with van der Waals surface area (Å²) in [6.45, 7) is 1.39. The molecule has 7 nitrogen and oxygen atoms in total. The number of benzene rings is 4. The maximum atomic E-state index is 14.0. The number of piperazine rings is 1. The number of halogens is 1. The van der Waals surface area contributed by atoms with Crippen LogP contribution < -0.4 is 11.5 Å². The first-order chi connectivity index (χ1) is 20.4. The van der Waals surface area contributed by atoms with E-state index in [1.807, 2.05) is 70.5 Å². The molecule has 2 atom stereocenters. The van der Waals surface area contributed by atoms with Crippen molar-refractivity contribution < 1.29 is 9.59 Å². The molecule has 5 rings (SSSR count). The Balaban J connectivity index is 1.44. The summed E-state index contributed by atoms with van der Waals surface area (Å²) in [6.07, 6.45) is 2.36. The van der Waals surface area contributed by atoms with Crippen molar-refractivity contribution in [2.75, 3.05) is 19.6 Å². The molecule has 0 radical (unpaired) electrons. The fourth-order valence-electron chi connectivity index (χ4n) is 5.76. The highest BCUT2D eigenvalue weighted by molar-refractivity contribution is 14.1. The van der Waals surface area contributed by atoms with Crippen LogP contribution >= 0.6 is 22.6 Å². The number of guanidine groups is 1. The van der Waals surface area contributed by atoms with Crippen molar-refractivity contribution in [2.24, 2.45) is 16.5 Å². The number of nitrogens with two attached hydrogens (primary N) is 2. The minimum absolute atomic E-state index is 0.0138. The number of rotatable bonds is 9. The van der Waals surface area contributed by atoms with Gasteiger partial charge in [0, 0.05) is 34.8 Å². The Morgan fingerprint density at radius 1 is 0.786 bits per heavy atom. The van der Waals surface area contributed by atoms with Crippen LogP contribution in [0.4, 0.5) is 0 Å². The molecule has 2 unspecified atom stereocenters. The van der Waals surface area contributed by atoms with Gasteiger partial charge in [-0.15, -0.1) is 0 Å². The first kappa shape index (κ1) is 29.6. The largest absolute Gasteiger partial charge is 0.370 e. The second kappa shape index (κ2) is 13.8. The van der Waals surface area contributed by atoms with Crippen molar-refractivity contribution in [3.05, 3.63) is 117 Å². The van der Waals surface area contributed by atoms with Crippen LogP contribution in [0.2, 0.25) is 0 Å². The van der Waals surface area contributed by atoms with E-state index in [0.29, 0.717) is 50.9 Å². The summed E-state index contributed by atoms with van der Waals surface area (Å²) in [6, 6.07) is 31.9. The lowest BCUT2D eigenvalue weighted by Crippen LogP contribution is -2.62. The first-order valence-corrected chi connectivity index (χ1v) is 15.4. The van der Waals surface area contributed by atoms with Gasteiger partial charge in [-0.1, -0.05) is 78.9 Å². The van der Waals surface area contributed by atoms with E-state index < -0.39 is 0 Å². The van der Waals surface area contributed by atoms with E-state index in [9.17, 15) is 9.59 Å². The lowest BCUT2D eigenvalue weighted by Gasteiger charge is -2.47. The molecule has 42 heavy (non-hydrogen) atoms. The van der Waals surface area contributed by atoms with Gasteiger partial charge in [-0.3, -0.25) is 14.6 Å². The number of fused-ring (bicyclic) bond motifs is 1. The standard InChI is InChI=1S/C34H36IN5O2/c35-29-13-6-12-28(21-29)33(42)40-23-31(19-24-8-2-1-3-9-24)39(22-30(40)14-7-17-38-34(36)37)32(41)20-25-15-16-26-10-4-5-11-27(26)18-25/h1-6,8-13,15-16,18,21,30-31H,7,14,17,19-20,22-23H2,(H4,36,37,38). The Morgan fingerprint density at radius 3 is 2.29 bits per heavy atom. The van der Waals surface area contributed by atoms with Crippen molar-refractivity contribution in [3.63, 3.8) is 0 Å². The van der Waals surface area contributed by atoms with E-state index in [1.54, 1.807) is 0 Å². The SMILES string of the molecule is NC(N)=NCCCC1CN(C(=O)Cc2ccc3ccccc3c2)C(Cc2ccccc2)CN1C(=O)c1cccc(I)c1. The predicted octanol–water partition coefficient (Wildman–Crippen LogP) is 5.01. The summed E-state index contributed by atoms with van der Waals surface area (Å²) in [4.78, 5) is 36.1. The van der Waals surface area contributed by atoms with Gasteiger partial charge in [-0.2, -0.15) is 0 Å². The molecule has 4 aromatic carbocycles. The molecule has 1 aliphatic heterocycles. The monoisotopic (exact) mass is 673 g/mol. The summed E-state index contributed by atoms with van der Waals surface area (Å²) < 4.78 is 1.01. The van der Waals surface area contributed by atoms with E-state index in [-0.39, 0.29) is 29.9 Å². The van der Waals surface area contributed by atoms with E-state index in [2.05, 4.69) is 64.0 Å². The highest BCUT2D eigenvalue weighted by Crippen LogP contribution is 2.26. The van der Waals surface area contributed by atoms with Crippen molar-refractivity contribution in [1.29, 1.82) is 0 Å². The summed E-state index contributed by atoms with van der Waals surface area (Å²) in [5.41, 5.74) is 13.9. The topological polar surface area (TPSA) is 105 Å². The predicted molar refractivity (Wildman–Crippen MR) is 177 cm³/mol. The normalized spacial score (nSPS) is 16.8. The molecule has 1 saturated heterocycles. The fraction of sp³-hybridized carbons (Fsp3) is 0.265. The number of nitrogens with zero attached hydrogens (tertiary/aromatic N) is 3. The van der Waals surface area contributed by atoms with Crippen molar-refractivity contribution in [1.82, 2.24) is 9.80 Å². The Morgan fingerprint density at radius 2 is 1.52 bits per heavy atom. The molecule has 1 heterocycles. The molecule has 2 amide bonds. The minimum atomic E-state index is -0.155. The number of carbonyl (C=O) groups excluding carboxylic acids is 2. The van der Waals surface area contributed by atoms with Crippen LogP contribution in [-0.2, 0) is 17.6 Å². The molecule has 8 heteroatoms. The molecular weight excluding hydrogens is 637 g/mol. The number of aliphatic imine (C=N–C) groups is 1. The molecular formula is C34H36IN5O2. The average molecular weight is 674 g/mol. The summed E-state index contributed by atoms with van der Waals surface area (Å²) in [7, 11) is 0. The Kier molecular flexibility index (Phi) is 9.74. The van der Waals surface area contributed by atoms with Crippen molar-refractivity contribution in [3.8, 4) is 0 Å². The molecule has 0 aromatic heterocycles. The lowest BCUT2D eigenvalue weighted by atomic mass is 9.95. The molecule has 0 spiro atoms. The van der Waals surface area contributed by atoms with Gasteiger partial charge in [-0.25, -0.2) is 0 Å². The molecule has 216 valence electrons. The highest BCUT2D eigenvalue weighted by atomic mass is 127. The zero-order valence-electron chi connectivity index (χ0n) is 23.5. The fourth-order valence-corrected chi connectivity index (χ4v) is 6.30. The van der Waals surface area contributed by atoms with Gasteiger partial charge in [0.2, 0.25) is 5.91 Å². The van der Waals surface area contributed by atoms with E-state index in [0.717, 1.165) is 25.5 Å². The van der Waals surface area contributed by atoms with Gasteiger partial charge in [0.1, 0.15) is 0 Å². The van der Waals surface area contributed by atoms with Gasteiger partial charge >= 0.3 is 0 Å². The molecule has 0 bridgehead atoms. The summed E-state index contributed by atoms with van der Waals surface area (Å²) in [5.74, 6) is 0.113. The van der Waals surface area contributed by atoms with Gasteiger partial charge in [-0.05, 0) is 82.0 Å². The molecule has 0 saturated carbocycles. The quantitative estimate of drug-likeness (QED) is 0.113. The Bertz CT molecular complexity index is 1570. The zero-order chi connectivity index (χ0) is 29.5. The van der Waals surface area contributed by atoms with Crippen LogP contribution in [0.1, 0.15) is 34.3 Å². The van der Waals surface area contributed by atoms with Crippen molar-refractivity contribution in [2.45, 2.75) is 37.8 Å². The van der Waals surface area contributed by atoms with E-state index >= 15 is 0 Å². The van der Waals surface area contributed by atoms with Gasteiger partial charge in [0.25, 0.3) is 5.91 Å². The maximum Gasteiger partial charge on any atom is 0.254 e.